The third-order valence-corrected chi connectivity index (χ3v) is 6.71. The zero-order chi connectivity index (χ0) is 22.0. The van der Waals surface area contributed by atoms with Crippen molar-refractivity contribution < 1.29 is 9.53 Å². The molecule has 0 aliphatic carbocycles. The molecule has 2 aromatic rings. The molecule has 1 amide bonds. The Balaban J connectivity index is 1.52. The summed E-state index contributed by atoms with van der Waals surface area (Å²) in [6.07, 6.45) is 2.62. The van der Waals surface area contributed by atoms with Crippen molar-refractivity contribution in [2.75, 3.05) is 31.6 Å². The minimum Gasteiger partial charge on any atom is -0.497 e. The van der Waals surface area contributed by atoms with Gasteiger partial charge >= 0.3 is 0 Å². The van der Waals surface area contributed by atoms with E-state index < -0.39 is 0 Å². The van der Waals surface area contributed by atoms with Gasteiger partial charge in [0.05, 0.1) is 18.7 Å². The van der Waals surface area contributed by atoms with Gasteiger partial charge in [-0.15, -0.1) is 0 Å². The molecule has 0 saturated carbocycles. The van der Waals surface area contributed by atoms with E-state index in [2.05, 4.69) is 36.9 Å². The highest BCUT2D eigenvalue weighted by Crippen LogP contribution is 2.48. The van der Waals surface area contributed by atoms with E-state index >= 15 is 0 Å². The Morgan fingerprint density at radius 1 is 1.16 bits per heavy atom. The maximum Gasteiger partial charge on any atom is 0.227 e. The highest BCUT2D eigenvalue weighted by Gasteiger charge is 2.46. The van der Waals surface area contributed by atoms with Crippen molar-refractivity contribution in [1.82, 2.24) is 4.90 Å². The molecule has 0 atom stereocenters. The largest absolute Gasteiger partial charge is 0.497 e. The summed E-state index contributed by atoms with van der Waals surface area (Å²) in [7, 11) is 1.70. The zero-order valence-corrected chi connectivity index (χ0v) is 18.7. The Kier molecular flexibility index (Phi) is 6.02. The predicted molar refractivity (Wildman–Crippen MR) is 122 cm³/mol. The van der Waals surface area contributed by atoms with Crippen molar-refractivity contribution in [3.05, 3.63) is 59.2 Å². The molecule has 2 aliphatic heterocycles. The van der Waals surface area contributed by atoms with E-state index in [1.54, 1.807) is 7.11 Å². The van der Waals surface area contributed by atoms with Crippen molar-refractivity contribution in [3.63, 3.8) is 0 Å². The minimum atomic E-state index is -0.00230. The van der Waals surface area contributed by atoms with Gasteiger partial charge in [0.2, 0.25) is 5.91 Å². The summed E-state index contributed by atoms with van der Waals surface area (Å²) in [6.45, 7) is 7.83. The first-order valence-corrected chi connectivity index (χ1v) is 11.1. The fourth-order valence-corrected chi connectivity index (χ4v) is 4.97. The van der Waals surface area contributed by atoms with Crippen LogP contribution in [0.25, 0.3) is 0 Å². The molecule has 0 unspecified atom stereocenters. The number of hydrogen-bond donors (Lipinski definition) is 0. The molecule has 0 radical (unpaired) electrons. The lowest BCUT2D eigenvalue weighted by molar-refractivity contribution is -0.119. The number of nitriles is 1. The summed E-state index contributed by atoms with van der Waals surface area (Å²) in [5.41, 5.74) is 4.26. The van der Waals surface area contributed by atoms with Crippen molar-refractivity contribution >= 4 is 11.6 Å². The van der Waals surface area contributed by atoms with Crippen LogP contribution in [0.3, 0.4) is 0 Å². The topological polar surface area (TPSA) is 56.6 Å². The SMILES string of the molecule is COc1ccc2c(c1)C1(CCN(Cc3ccc(C#N)cc3)CC1)CN2C(=O)CC(C)C. The second-order valence-corrected chi connectivity index (χ2v) is 9.33. The van der Waals surface area contributed by atoms with Crippen LogP contribution in [-0.2, 0) is 16.8 Å². The molecule has 5 heteroatoms. The number of hydrogen-bond acceptors (Lipinski definition) is 4. The number of carbonyl (C=O) groups excluding carboxylic acids is 1. The molecular formula is C26H31N3O2. The summed E-state index contributed by atoms with van der Waals surface area (Å²) < 4.78 is 5.52. The van der Waals surface area contributed by atoms with Crippen LogP contribution >= 0.6 is 0 Å². The zero-order valence-electron chi connectivity index (χ0n) is 18.7. The van der Waals surface area contributed by atoms with Crippen LogP contribution in [0.2, 0.25) is 0 Å². The number of fused-ring (bicyclic) bond motifs is 2. The normalized spacial score (nSPS) is 17.6. The molecule has 31 heavy (non-hydrogen) atoms. The summed E-state index contributed by atoms with van der Waals surface area (Å²) in [4.78, 5) is 17.5. The Hall–Kier alpha value is -2.84. The lowest BCUT2D eigenvalue weighted by Gasteiger charge is -2.40. The molecule has 1 saturated heterocycles. The second kappa shape index (κ2) is 8.72. The van der Waals surface area contributed by atoms with Crippen molar-refractivity contribution in [3.8, 4) is 11.8 Å². The monoisotopic (exact) mass is 417 g/mol. The number of benzene rings is 2. The van der Waals surface area contributed by atoms with Crippen molar-refractivity contribution in [2.24, 2.45) is 5.92 Å². The first-order chi connectivity index (χ1) is 14.9. The molecule has 5 nitrogen and oxygen atoms in total. The van der Waals surface area contributed by atoms with Crippen LogP contribution in [0.1, 0.15) is 49.8 Å². The number of ether oxygens (including phenoxy) is 1. The van der Waals surface area contributed by atoms with Gasteiger partial charge in [0, 0.05) is 30.6 Å². The number of likely N-dealkylation sites (tertiary alicyclic amines) is 1. The number of anilines is 1. The number of nitrogens with zero attached hydrogens (tertiary/aromatic N) is 3. The molecule has 2 heterocycles. The van der Waals surface area contributed by atoms with E-state index in [-0.39, 0.29) is 11.3 Å². The van der Waals surface area contributed by atoms with Crippen LogP contribution in [0.5, 0.6) is 5.75 Å². The molecule has 162 valence electrons. The first-order valence-electron chi connectivity index (χ1n) is 11.1. The smallest absolute Gasteiger partial charge is 0.227 e. The van der Waals surface area contributed by atoms with Crippen LogP contribution in [0, 0.1) is 17.2 Å². The summed E-state index contributed by atoms with van der Waals surface area (Å²) in [5, 5.41) is 9.00. The van der Waals surface area contributed by atoms with E-state index in [0.717, 1.165) is 50.5 Å². The Morgan fingerprint density at radius 3 is 2.48 bits per heavy atom. The van der Waals surface area contributed by atoms with E-state index in [4.69, 9.17) is 10.00 Å². The van der Waals surface area contributed by atoms with Crippen LogP contribution in [0.15, 0.2) is 42.5 Å². The highest BCUT2D eigenvalue weighted by molar-refractivity contribution is 5.96. The van der Waals surface area contributed by atoms with Gasteiger partial charge in [0.1, 0.15) is 5.75 Å². The fourth-order valence-electron chi connectivity index (χ4n) is 4.97. The van der Waals surface area contributed by atoms with Crippen molar-refractivity contribution in [2.45, 2.75) is 45.1 Å². The van der Waals surface area contributed by atoms with Gasteiger partial charge in [-0.1, -0.05) is 26.0 Å². The summed E-state index contributed by atoms with van der Waals surface area (Å²) in [5.74, 6) is 1.43. The number of piperidine rings is 1. The van der Waals surface area contributed by atoms with E-state index in [1.165, 1.54) is 11.1 Å². The van der Waals surface area contributed by atoms with Gasteiger partial charge < -0.3 is 9.64 Å². The maximum absolute atomic E-state index is 13.0. The molecule has 4 rings (SSSR count). The van der Waals surface area contributed by atoms with Gasteiger partial charge in [0.25, 0.3) is 0 Å². The Morgan fingerprint density at radius 2 is 1.87 bits per heavy atom. The molecule has 2 aromatic carbocycles. The molecule has 0 aromatic heterocycles. The van der Waals surface area contributed by atoms with Crippen LogP contribution in [-0.4, -0.2) is 37.6 Å². The second-order valence-electron chi connectivity index (χ2n) is 9.33. The van der Waals surface area contributed by atoms with Gasteiger partial charge in [0.15, 0.2) is 0 Å². The third-order valence-electron chi connectivity index (χ3n) is 6.71. The van der Waals surface area contributed by atoms with E-state index in [1.807, 2.05) is 35.2 Å². The Labute approximate surface area is 185 Å². The van der Waals surface area contributed by atoms with E-state index in [0.29, 0.717) is 17.9 Å². The summed E-state index contributed by atoms with van der Waals surface area (Å²) >= 11 is 0. The maximum atomic E-state index is 13.0. The van der Waals surface area contributed by atoms with Gasteiger partial charge in [-0.2, -0.15) is 5.26 Å². The lowest BCUT2D eigenvalue weighted by atomic mass is 9.74. The summed E-state index contributed by atoms with van der Waals surface area (Å²) in [6, 6.07) is 16.2. The van der Waals surface area contributed by atoms with Crippen LogP contribution in [0.4, 0.5) is 5.69 Å². The molecule has 1 fully saturated rings. The van der Waals surface area contributed by atoms with Crippen molar-refractivity contribution in [1.29, 1.82) is 5.26 Å². The van der Waals surface area contributed by atoms with Crippen LogP contribution < -0.4 is 9.64 Å². The number of carbonyl (C=O) groups is 1. The average molecular weight is 418 g/mol. The Bertz CT molecular complexity index is 983. The molecule has 0 N–H and O–H groups in total. The number of methoxy groups -OCH3 is 1. The van der Waals surface area contributed by atoms with E-state index in [9.17, 15) is 4.79 Å². The number of amides is 1. The quantitative estimate of drug-likeness (QED) is 0.719. The molecule has 2 aliphatic rings. The van der Waals surface area contributed by atoms with Gasteiger partial charge in [-0.05, 0) is 73.3 Å². The first kappa shape index (κ1) is 21.4. The van der Waals surface area contributed by atoms with Gasteiger partial charge in [-0.3, -0.25) is 9.69 Å². The predicted octanol–water partition coefficient (Wildman–Crippen LogP) is 4.49. The minimum absolute atomic E-state index is 0.00230. The third kappa shape index (κ3) is 4.31. The van der Waals surface area contributed by atoms with Gasteiger partial charge in [-0.25, -0.2) is 0 Å². The standard InChI is InChI=1S/C26H31N3O2/c1-19(2)14-25(30)29-18-26(23-15-22(31-3)8-9-24(23)29)10-12-28(13-11-26)17-21-6-4-20(16-27)5-7-21/h4-9,15,19H,10-14,17-18H2,1-3H3. The molecular weight excluding hydrogens is 386 g/mol. The lowest BCUT2D eigenvalue weighted by Crippen LogP contribution is -2.45. The molecule has 1 spiro atoms. The molecule has 0 bridgehead atoms. The number of rotatable bonds is 5. The fraction of sp³-hybridized carbons (Fsp3) is 0.462. The average Bonchev–Trinajstić information content (AvgIpc) is 3.09. The highest BCUT2D eigenvalue weighted by atomic mass is 16.5.